The predicted molar refractivity (Wildman–Crippen MR) is 78.7 cm³/mol. The van der Waals surface area contributed by atoms with Crippen molar-refractivity contribution in [2.75, 3.05) is 5.32 Å². The average molecular weight is 304 g/mol. The lowest BCUT2D eigenvalue weighted by Gasteiger charge is -2.01. The normalized spacial score (nSPS) is 10.8. The number of carbonyl (C=O) groups excluding carboxylic acids is 1. The predicted octanol–water partition coefficient (Wildman–Crippen LogP) is 4.14. The summed E-state index contributed by atoms with van der Waals surface area (Å²) in [5, 5.41) is 2.95. The third-order valence-electron chi connectivity index (χ3n) is 2.89. The summed E-state index contributed by atoms with van der Waals surface area (Å²) in [5.74, 6) is -2.18. The molecule has 1 heterocycles. The standard InChI is InChI=1S/C15H10F2N2OS/c1-8-2-3-12-13(4-8)21-15(18-12)19-14(20)9-5-10(16)7-11(17)6-9/h2-7H,1H3,(H,18,19,20). The minimum absolute atomic E-state index is 0.0806. The van der Waals surface area contributed by atoms with Crippen LogP contribution in [0.25, 0.3) is 10.2 Å². The Hall–Kier alpha value is -2.34. The lowest BCUT2D eigenvalue weighted by atomic mass is 10.2. The van der Waals surface area contributed by atoms with Crippen molar-refractivity contribution < 1.29 is 13.6 Å². The highest BCUT2D eigenvalue weighted by Gasteiger charge is 2.12. The van der Waals surface area contributed by atoms with Crippen LogP contribution in [0.1, 0.15) is 15.9 Å². The first-order valence-electron chi connectivity index (χ1n) is 6.16. The second-order valence-corrected chi connectivity index (χ2v) is 5.63. The minimum atomic E-state index is -0.792. The number of benzene rings is 2. The van der Waals surface area contributed by atoms with Gasteiger partial charge >= 0.3 is 0 Å². The number of aromatic nitrogens is 1. The molecule has 0 bridgehead atoms. The smallest absolute Gasteiger partial charge is 0.257 e. The molecule has 106 valence electrons. The highest BCUT2D eigenvalue weighted by atomic mass is 32.1. The Morgan fingerprint density at radius 1 is 1.14 bits per heavy atom. The fourth-order valence-corrected chi connectivity index (χ4v) is 2.90. The van der Waals surface area contributed by atoms with Gasteiger partial charge in [0.15, 0.2) is 5.13 Å². The van der Waals surface area contributed by atoms with E-state index in [1.54, 1.807) is 0 Å². The zero-order valence-electron chi connectivity index (χ0n) is 11.0. The number of carbonyl (C=O) groups is 1. The molecule has 3 aromatic rings. The summed E-state index contributed by atoms with van der Waals surface area (Å²) < 4.78 is 27.2. The van der Waals surface area contributed by atoms with Crippen LogP contribution in [0.2, 0.25) is 0 Å². The van der Waals surface area contributed by atoms with E-state index in [0.29, 0.717) is 5.13 Å². The first-order valence-corrected chi connectivity index (χ1v) is 6.97. The van der Waals surface area contributed by atoms with Crippen molar-refractivity contribution in [1.29, 1.82) is 0 Å². The highest BCUT2D eigenvalue weighted by molar-refractivity contribution is 7.22. The molecule has 6 heteroatoms. The van der Waals surface area contributed by atoms with Gasteiger partial charge in [-0.2, -0.15) is 0 Å². The molecule has 0 saturated heterocycles. The van der Waals surface area contributed by atoms with Gasteiger partial charge < -0.3 is 0 Å². The number of thiazole rings is 1. The van der Waals surface area contributed by atoms with E-state index in [1.807, 2.05) is 25.1 Å². The van der Waals surface area contributed by atoms with Gasteiger partial charge in [-0.3, -0.25) is 10.1 Å². The molecule has 0 spiro atoms. The number of rotatable bonds is 2. The summed E-state index contributed by atoms with van der Waals surface area (Å²) >= 11 is 1.31. The Morgan fingerprint density at radius 2 is 1.86 bits per heavy atom. The second-order valence-electron chi connectivity index (χ2n) is 4.60. The molecule has 0 aliphatic heterocycles. The van der Waals surface area contributed by atoms with E-state index in [0.717, 1.165) is 34.0 Å². The van der Waals surface area contributed by atoms with Gasteiger partial charge in [-0.05, 0) is 36.8 Å². The van der Waals surface area contributed by atoms with Crippen molar-refractivity contribution in [2.24, 2.45) is 0 Å². The Kier molecular flexibility index (Phi) is 3.39. The van der Waals surface area contributed by atoms with Crippen LogP contribution in [0, 0.1) is 18.6 Å². The summed E-state index contributed by atoms with van der Waals surface area (Å²) in [6.45, 7) is 1.97. The third kappa shape index (κ3) is 2.90. The van der Waals surface area contributed by atoms with Crippen LogP contribution in [-0.2, 0) is 0 Å². The van der Waals surface area contributed by atoms with E-state index in [4.69, 9.17) is 0 Å². The molecule has 0 unspecified atom stereocenters. The molecule has 1 N–H and O–H groups in total. The molecule has 0 atom stereocenters. The van der Waals surface area contributed by atoms with Gasteiger partial charge in [-0.25, -0.2) is 13.8 Å². The maximum atomic E-state index is 13.1. The maximum absolute atomic E-state index is 13.1. The molecule has 21 heavy (non-hydrogen) atoms. The van der Waals surface area contributed by atoms with E-state index in [-0.39, 0.29) is 5.56 Å². The molecule has 0 saturated carbocycles. The molecule has 0 aliphatic rings. The number of fused-ring (bicyclic) bond motifs is 1. The van der Waals surface area contributed by atoms with Crippen LogP contribution in [0.3, 0.4) is 0 Å². The summed E-state index contributed by atoms with van der Waals surface area (Å²) in [6, 6.07) is 8.43. The zero-order valence-corrected chi connectivity index (χ0v) is 11.8. The van der Waals surface area contributed by atoms with Crippen molar-refractivity contribution in [3.05, 3.63) is 59.2 Å². The van der Waals surface area contributed by atoms with Crippen LogP contribution in [0.4, 0.5) is 13.9 Å². The summed E-state index contributed by atoms with van der Waals surface area (Å²) in [7, 11) is 0. The lowest BCUT2D eigenvalue weighted by molar-refractivity contribution is 0.102. The number of nitrogens with zero attached hydrogens (tertiary/aromatic N) is 1. The molecule has 2 aromatic carbocycles. The molecule has 3 nitrogen and oxygen atoms in total. The summed E-state index contributed by atoms with van der Waals surface area (Å²) in [5.41, 5.74) is 1.78. The monoisotopic (exact) mass is 304 g/mol. The number of amides is 1. The molecular weight excluding hydrogens is 294 g/mol. The van der Waals surface area contributed by atoms with Crippen LogP contribution >= 0.6 is 11.3 Å². The Bertz CT molecular complexity index is 825. The fourth-order valence-electron chi connectivity index (χ4n) is 1.94. The van der Waals surface area contributed by atoms with Gasteiger partial charge in [0.25, 0.3) is 5.91 Å². The number of aryl methyl sites for hydroxylation is 1. The summed E-state index contributed by atoms with van der Waals surface area (Å²) in [4.78, 5) is 16.2. The van der Waals surface area contributed by atoms with Gasteiger partial charge in [0, 0.05) is 11.6 Å². The maximum Gasteiger partial charge on any atom is 0.257 e. The SMILES string of the molecule is Cc1ccc2nc(NC(=O)c3cc(F)cc(F)c3)sc2c1. The van der Waals surface area contributed by atoms with Crippen LogP contribution < -0.4 is 5.32 Å². The van der Waals surface area contributed by atoms with E-state index in [9.17, 15) is 13.6 Å². The van der Waals surface area contributed by atoms with E-state index in [1.165, 1.54) is 11.3 Å². The highest BCUT2D eigenvalue weighted by Crippen LogP contribution is 2.27. The third-order valence-corrected chi connectivity index (χ3v) is 3.82. The molecule has 0 fully saturated rings. The van der Waals surface area contributed by atoms with Crippen molar-refractivity contribution in [3.63, 3.8) is 0 Å². The van der Waals surface area contributed by atoms with E-state index < -0.39 is 17.5 Å². The molecule has 1 amide bonds. The summed E-state index contributed by atoms with van der Waals surface area (Å²) in [6.07, 6.45) is 0. The molecule has 0 aliphatic carbocycles. The Labute approximate surface area is 123 Å². The molecular formula is C15H10F2N2OS. The molecule has 1 aromatic heterocycles. The van der Waals surface area contributed by atoms with Gasteiger partial charge in [-0.1, -0.05) is 17.4 Å². The quantitative estimate of drug-likeness (QED) is 0.773. The van der Waals surface area contributed by atoms with E-state index in [2.05, 4.69) is 10.3 Å². The van der Waals surface area contributed by atoms with Gasteiger partial charge in [-0.15, -0.1) is 0 Å². The fraction of sp³-hybridized carbons (Fsp3) is 0.0667. The number of hydrogen-bond acceptors (Lipinski definition) is 3. The van der Waals surface area contributed by atoms with Crippen LogP contribution in [0.5, 0.6) is 0 Å². The lowest BCUT2D eigenvalue weighted by Crippen LogP contribution is -2.12. The van der Waals surface area contributed by atoms with Crippen LogP contribution in [0.15, 0.2) is 36.4 Å². The van der Waals surface area contributed by atoms with Crippen molar-refractivity contribution >= 4 is 32.6 Å². The Morgan fingerprint density at radius 3 is 2.57 bits per heavy atom. The first-order chi connectivity index (χ1) is 10.0. The van der Waals surface area contributed by atoms with Crippen LogP contribution in [-0.4, -0.2) is 10.9 Å². The van der Waals surface area contributed by atoms with Gasteiger partial charge in [0.1, 0.15) is 11.6 Å². The van der Waals surface area contributed by atoms with Gasteiger partial charge in [0.05, 0.1) is 10.2 Å². The first kappa shape index (κ1) is 13.6. The van der Waals surface area contributed by atoms with E-state index >= 15 is 0 Å². The average Bonchev–Trinajstić information content (AvgIpc) is 2.78. The van der Waals surface area contributed by atoms with Crippen molar-refractivity contribution in [1.82, 2.24) is 4.98 Å². The number of hydrogen-bond donors (Lipinski definition) is 1. The minimum Gasteiger partial charge on any atom is -0.298 e. The van der Waals surface area contributed by atoms with Crippen molar-refractivity contribution in [3.8, 4) is 0 Å². The molecule has 0 radical (unpaired) electrons. The zero-order chi connectivity index (χ0) is 15.0. The van der Waals surface area contributed by atoms with Gasteiger partial charge in [0.2, 0.25) is 0 Å². The Balaban J connectivity index is 1.88. The number of anilines is 1. The second kappa shape index (κ2) is 5.21. The number of nitrogens with one attached hydrogen (secondary N) is 1. The topological polar surface area (TPSA) is 42.0 Å². The largest absolute Gasteiger partial charge is 0.298 e. The van der Waals surface area contributed by atoms with Crippen molar-refractivity contribution in [2.45, 2.75) is 6.92 Å². The molecule has 3 rings (SSSR count). The number of halogens is 2.